The van der Waals surface area contributed by atoms with Crippen LogP contribution in [-0.4, -0.2) is 15.3 Å². The van der Waals surface area contributed by atoms with Crippen molar-refractivity contribution >= 4 is 5.78 Å². The Morgan fingerprint density at radius 2 is 1.79 bits per heavy atom. The van der Waals surface area contributed by atoms with Crippen molar-refractivity contribution in [3.63, 3.8) is 0 Å². The Morgan fingerprint density at radius 1 is 0.964 bits per heavy atom. The van der Waals surface area contributed by atoms with E-state index in [1.807, 2.05) is 12.5 Å². The van der Waals surface area contributed by atoms with Gasteiger partial charge in [-0.2, -0.15) is 0 Å². The highest BCUT2D eigenvalue weighted by Gasteiger charge is 2.32. The van der Waals surface area contributed by atoms with Crippen molar-refractivity contribution in [3.8, 4) is 11.3 Å². The van der Waals surface area contributed by atoms with E-state index in [2.05, 4.69) is 64.1 Å². The highest BCUT2D eigenvalue weighted by atomic mass is 16.1. The molecule has 142 valence electrons. The van der Waals surface area contributed by atoms with E-state index < -0.39 is 0 Å². The molecule has 1 fully saturated rings. The average Bonchev–Trinajstić information content (AvgIpc) is 3.22. The molecule has 0 saturated heterocycles. The topological polar surface area (TPSA) is 34.9 Å². The lowest BCUT2D eigenvalue weighted by Gasteiger charge is -2.19. The molecule has 3 nitrogen and oxygen atoms in total. The molecule has 0 N–H and O–H groups in total. The first-order valence-electron chi connectivity index (χ1n) is 10.5. The van der Waals surface area contributed by atoms with Gasteiger partial charge in [0, 0.05) is 17.9 Å². The smallest absolute Gasteiger partial charge is 0.138 e. The van der Waals surface area contributed by atoms with Crippen LogP contribution in [0.3, 0.4) is 0 Å². The van der Waals surface area contributed by atoms with Gasteiger partial charge in [-0.1, -0.05) is 61.0 Å². The lowest BCUT2D eigenvalue weighted by Crippen LogP contribution is -2.19. The number of imidazole rings is 1. The molecule has 5 rings (SSSR count). The summed E-state index contributed by atoms with van der Waals surface area (Å²) >= 11 is 0. The van der Waals surface area contributed by atoms with E-state index in [0.29, 0.717) is 18.1 Å². The normalized spacial score (nSPS) is 23.6. The van der Waals surface area contributed by atoms with Crippen molar-refractivity contribution in [1.82, 2.24) is 9.55 Å². The van der Waals surface area contributed by atoms with Gasteiger partial charge in [0.1, 0.15) is 5.78 Å². The third kappa shape index (κ3) is 3.09. The van der Waals surface area contributed by atoms with Gasteiger partial charge in [0.05, 0.1) is 24.3 Å². The van der Waals surface area contributed by atoms with Gasteiger partial charge in [-0.15, -0.1) is 0 Å². The minimum absolute atomic E-state index is 0.106. The Morgan fingerprint density at radius 3 is 2.68 bits per heavy atom. The Bertz CT molecular complexity index is 975. The van der Waals surface area contributed by atoms with E-state index in [1.54, 1.807) is 0 Å². The summed E-state index contributed by atoms with van der Waals surface area (Å²) in [4.78, 5) is 17.6. The molecule has 3 aromatic rings. The fourth-order valence-electron chi connectivity index (χ4n) is 5.18. The molecule has 0 radical (unpaired) electrons. The molecule has 2 aliphatic rings. The van der Waals surface area contributed by atoms with Crippen LogP contribution < -0.4 is 0 Å². The van der Waals surface area contributed by atoms with Gasteiger partial charge >= 0.3 is 0 Å². The Labute approximate surface area is 166 Å². The molecular formula is C25H26N2O. The number of hydrogen-bond acceptors (Lipinski definition) is 2. The van der Waals surface area contributed by atoms with Crippen LogP contribution in [0.4, 0.5) is 0 Å². The SMILES string of the molecule is O=C(CC1c2ccccc2-c2cncn21)C1CCC[C@@H](c2ccccc2)CC1. The zero-order valence-corrected chi connectivity index (χ0v) is 16.1. The van der Waals surface area contributed by atoms with Gasteiger partial charge in [0.25, 0.3) is 0 Å². The number of ketones is 1. The summed E-state index contributed by atoms with van der Waals surface area (Å²) in [6, 6.07) is 19.4. The third-order valence-electron chi connectivity index (χ3n) is 6.69. The Hall–Kier alpha value is -2.68. The quantitative estimate of drug-likeness (QED) is 0.546. The molecule has 3 heteroatoms. The fraction of sp³-hybridized carbons (Fsp3) is 0.360. The standard InChI is InChI=1S/C25H26N2O/c28-25(20-10-6-9-19(13-14-20)18-7-2-1-3-8-18)15-23-21-11-4-5-12-22(21)24-16-26-17-27(23)24/h1-5,7-8,11-12,16-17,19-20,23H,6,9-10,13-15H2/t19-,20?,23?/m1/s1. The van der Waals surface area contributed by atoms with Crippen LogP contribution in [0.15, 0.2) is 67.1 Å². The zero-order chi connectivity index (χ0) is 18.9. The molecule has 1 aromatic heterocycles. The number of carbonyl (C=O) groups excluding carboxylic acids is 1. The van der Waals surface area contributed by atoms with Gasteiger partial charge in [-0.3, -0.25) is 4.79 Å². The number of rotatable bonds is 4. The predicted octanol–water partition coefficient (Wildman–Crippen LogP) is 5.78. The fourth-order valence-corrected chi connectivity index (χ4v) is 5.18. The number of fused-ring (bicyclic) bond motifs is 3. The number of hydrogen-bond donors (Lipinski definition) is 0. The summed E-state index contributed by atoms with van der Waals surface area (Å²) in [5.41, 5.74) is 5.06. The summed E-state index contributed by atoms with van der Waals surface area (Å²) < 4.78 is 2.19. The molecule has 3 atom stereocenters. The van der Waals surface area contributed by atoms with Crippen LogP contribution in [0.2, 0.25) is 0 Å². The molecule has 0 spiro atoms. The van der Waals surface area contributed by atoms with Crippen LogP contribution in [0.25, 0.3) is 11.3 Å². The first-order chi connectivity index (χ1) is 13.8. The molecule has 1 saturated carbocycles. The lowest BCUT2D eigenvalue weighted by molar-refractivity contribution is -0.123. The van der Waals surface area contributed by atoms with Crippen LogP contribution >= 0.6 is 0 Å². The van der Waals surface area contributed by atoms with E-state index >= 15 is 0 Å². The maximum atomic E-state index is 13.3. The largest absolute Gasteiger partial charge is 0.323 e. The van der Waals surface area contributed by atoms with E-state index in [1.165, 1.54) is 23.1 Å². The van der Waals surface area contributed by atoms with Gasteiger partial charge in [0.15, 0.2) is 0 Å². The maximum absolute atomic E-state index is 13.3. The molecule has 0 bridgehead atoms. The van der Waals surface area contributed by atoms with Crippen LogP contribution in [-0.2, 0) is 4.79 Å². The van der Waals surface area contributed by atoms with E-state index in [-0.39, 0.29) is 12.0 Å². The second kappa shape index (κ2) is 7.38. The zero-order valence-electron chi connectivity index (χ0n) is 16.1. The summed E-state index contributed by atoms with van der Waals surface area (Å²) in [5.74, 6) is 1.23. The molecular weight excluding hydrogens is 344 g/mol. The number of carbonyl (C=O) groups is 1. The minimum atomic E-state index is 0.106. The molecule has 28 heavy (non-hydrogen) atoms. The molecule has 2 unspecified atom stereocenters. The number of Topliss-reactive ketones (excluding diaryl/α,β-unsaturated/α-hetero) is 1. The Kier molecular flexibility index (Phi) is 4.59. The van der Waals surface area contributed by atoms with Crippen molar-refractivity contribution < 1.29 is 4.79 Å². The maximum Gasteiger partial charge on any atom is 0.138 e. The van der Waals surface area contributed by atoms with Gasteiger partial charge < -0.3 is 4.57 Å². The first kappa shape index (κ1) is 17.4. The van der Waals surface area contributed by atoms with Gasteiger partial charge in [-0.05, 0) is 42.7 Å². The molecule has 2 heterocycles. The lowest BCUT2D eigenvalue weighted by atomic mass is 9.88. The number of nitrogens with zero attached hydrogens (tertiary/aromatic N) is 2. The summed E-state index contributed by atoms with van der Waals surface area (Å²) in [6.07, 6.45) is 9.90. The monoisotopic (exact) mass is 370 g/mol. The summed E-state index contributed by atoms with van der Waals surface area (Å²) in [6.45, 7) is 0. The van der Waals surface area contributed by atoms with Crippen LogP contribution in [0.5, 0.6) is 0 Å². The molecule has 1 aliphatic carbocycles. The summed E-state index contributed by atoms with van der Waals surface area (Å²) in [7, 11) is 0. The van der Waals surface area contributed by atoms with Crippen LogP contribution in [0.1, 0.15) is 61.6 Å². The Balaban J connectivity index is 1.30. The third-order valence-corrected chi connectivity index (χ3v) is 6.69. The highest BCUT2D eigenvalue weighted by Crippen LogP contribution is 2.42. The van der Waals surface area contributed by atoms with Gasteiger partial charge in [0.2, 0.25) is 0 Å². The van der Waals surface area contributed by atoms with Crippen LogP contribution in [0, 0.1) is 5.92 Å². The number of aromatic nitrogens is 2. The highest BCUT2D eigenvalue weighted by molar-refractivity contribution is 5.83. The van der Waals surface area contributed by atoms with E-state index in [4.69, 9.17) is 0 Å². The van der Waals surface area contributed by atoms with Crippen molar-refractivity contribution in [2.75, 3.05) is 0 Å². The van der Waals surface area contributed by atoms with Crippen molar-refractivity contribution in [1.29, 1.82) is 0 Å². The summed E-state index contributed by atoms with van der Waals surface area (Å²) in [5, 5.41) is 0. The molecule has 1 aliphatic heterocycles. The first-order valence-corrected chi connectivity index (χ1v) is 10.5. The number of benzene rings is 2. The van der Waals surface area contributed by atoms with Gasteiger partial charge in [-0.25, -0.2) is 4.98 Å². The van der Waals surface area contributed by atoms with E-state index in [0.717, 1.165) is 31.4 Å². The van der Waals surface area contributed by atoms with Crippen molar-refractivity contribution in [2.24, 2.45) is 5.92 Å². The second-order valence-electron chi connectivity index (χ2n) is 8.27. The minimum Gasteiger partial charge on any atom is -0.323 e. The van der Waals surface area contributed by atoms with Crippen molar-refractivity contribution in [2.45, 2.75) is 50.5 Å². The van der Waals surface area contributed by atoms with E-state index in [9.17, 15) is 4.79 Å². The predicted molar refractivity (Wildman–Crippen MR) is 111 cm³/mol. The molecule has 0 amide bonds. The second-order valence-corrected chi connectivity index (χ2v) is 8.27. The average molecular weight is 370 g/mol. The molecule has 2 aromatic carbocycles. The van der Waals surface area contributed by atoms with Crippen molar-refractivity contribution in [3.05, 3.63) is 78.2 Å².